The Balaban J connectivity index is 2.51. The van der Waals surface area contributed by atoms with Gasteiger partial charge in [-0.05, 0) is 51.4 Å². The highest BCUT2D eigenvalue weighted by molar-refractivity contribution is 7.85. The lowest BCUT2D eigenvalue weighted by Crippen LogP contribution is -2.60. The Morgan fingerprint density at radius 1 is 0.636 bits per heavy atom. The summed E-state index contributed by atoms with van der Waals surface area (Å²) < 4.78 is 53.9. The maximum Gasteiger partial charge on any atom is 0.306 e. The quantitative estimate of drug-likeness (QED) is 0.0221. The number of carbonyl (C=O) groups excluding carboxylic acids is 2. The van der Waals surface area contributed by atoms with Gasteiger partial charge in [0.25, 0.3) is 10.1 Å². The standard InChI is InChI=1S/C42H72O12S/c1-3-5-7-9-11-13-15-16-17-18-19-20-21-23-25-27-29-31-38(44)53-35(32-51-37(43)30-28-26-24-22-14-12-10-8-6-4-2)33-52-42-41(47)40(46)39(45)36(54-42)34-55(48,49)50/h5,7,11,13,16-17,19-20,35-36,39-42,45-47H,3-4,6,8-10,12,14-15,18,21-34H2,1-2H3,(H,48,49,50)/b7-5-,13-11-,17-16-,20-19-. The number of rotatable bonds is 33. The Hall–Kier alpha value is -2.39. The van der Waals surface area contributed by atoms with Crippen LogP contribution in [0.15, 0.2) is 48.6 Å². The van der Waals surface area contributed by atoms with Crippen LogP contribution < -0.4 is 0 Å². The minimum atomic E-state index is -4.60. The number of aliphatic hydroxyl groups excluding tert-OH is 3. The van der Waals surface area contributed by atoms with Crippen molar-refractivity contribution in [3.8, 4) is 0 Å². The maximum absolute atomic E-state index is 12.8. The van der Waals surface area contributed by atoms with Crippen LogP contribution in [-0.2, 0) is 38.7 Å². The first kappa shape index (κ1) is 50.6. The largest absolute Gasteiger partial charge is 0.462 e. The van der Waals surface area contributed by atoms with Crippen LogP contribution >= 0.6 is 0 Å². The van der Waals surface area contributed by atoms with Crippen LogP contribution in [0.25, 0.3) is 0 Å². The van der Waals surface area contributed by atoms with Crippen molar-refractivity contribution in [3.05, 3.63) is 48.6 Å². The molecule has 1 aliphatic heterocycles. The van der Waals surface area contributed by atoms with Gasteiger partial charge in [0.05, 0.1) is 6.61 Å². The molecular weight excluding hydrogens is 729 g/mol. The van der Waals surface area contributed by atoms with E-state index in [1.807, 2.05) is 0 Å². The van der Waals surface area contributed by atoms with Crippen molar-refractivity contribution in [3.63, 3.8) is 0 Å². The van der Waals surface area contributed by atoms with E-state index < -0.39 is 71.2 Å². The highest BCUT2D eigenvalue weighted by Gasteiger charge is 2.46. The van der Waals surface area contributed by atoms with E-state index in [9.17, 15) is 37.9 Å². The number of hydrogen-bond donors (Lipinski definition) is 4. The lowest BCUT2D eigenvalue weighted by molar-refractivity contribution is -0.297. The van der Waals surface area contributed by atoms with Crippen molar-refractivity contribution in [2.75, 3.05) is 19.0 Å². The molecular formula is C42H72O12S. The molecule has 1 heterocycles. The lowest BCUT2D eigenvalue weighted by Gasteiger charge is -2.40. The Kier molecular flexibility index (Phi) is 30.1. The molecule has 55 heavy (non-hydrogen) atoms. The molecule has 0 amide bonds. The summed E-state index contributed by atoms with van der Waals surface area (Å²) in [6, 6.07) is 0. The minimum Gasteiger partial charge on any atom is -0.462 e. The van der Waals surface area contributed by atoms with Crippen LogP contribution in [0.1, 0.15) is 149 Å². The van der Waals surface area contributed by atoms with Crippen molar-refractivity contribution < 1.29 is 56.8 Å². The monoisotopic (exact) mass is 800 g/mol. The van der Waals surface area contributed by atoms with Crippen LogP contribution in [0, 0.1) is 0 Å². The summed E-state index contributed by atoms with van der Waals surface area (Å²) in [5.41, 5.74) is 0. The number of hydrogen-bond acceptors (Lipinski definition) is 11. The zero-order valence-corrected chi connectivity index (χ0v) is 34.3. The molecule has 12 nitrogen and oxygen atoms in total. The number of aliphatic hydroxyl groups is 3. The minimum absolute atomic E-state index is 0.136. The fourth-order valence-corrected chi connectivity index (χ4v) is 6.65. The molecule has 0 spiro atoms. The van der Waals surface area contributed by atoms with E-state index in [1.165, 1.54) is 38.5 Å². The fourth-order valence-electron chi connectivity index (χ4n) is 5.96. The highest BCUT2D eigenvalue weighted by Crippen LogP contribution is 2.24. The molecule has 4 N–H and O–H groups in total. The van der Waals surface area contributed by atoms with Crippen LogP contribution in [-0.4, -0.2) is 96.0 Å². The number of ether oxygens (including phenoxy) is 4. The van der Waals surface area contributed by atoms with Gasteiger partial charge in [-0.1, -0.05) is 133 Å². The van der Waals surface area contributed by atoms with Crippen molar-refractivity contribution in [2.24, 2.45) is 0 Å². The molecule has 6 unspecified atom stereocenters. The van der Waals surface area contributed by atoms with Crippen molar-refractivity contribution in [1.29, 1.82) is 0 Å². The third-order valence-electron chi connectivity index (χ3n) is 9.17. The second-order valence-corrected chi connectivity index (χ2v) is 15.8. The summed E-state index contributed by atoms with van der Waals surface area (Å²) in [5, 5.41) is 30.8. The molecule has 0 bridgehead atoms. The van der Waals surface area contributed by atoms with E-state index in [1.54, 1.807) is 0 Å². The van der Waals surface area contributed by atoms with E-state index in [0.29, 0.717) is 12.8 Å². The molecule has 0 aromatic heterocycles. The SMILES string of the molecule is CC/C=C\C/C=C\C/C=C\C/C=C\CCCCCCC(=O)OC(COC(=O)CCCCCCCCCCCC)COC1OC(CS(=O)(=O)O)C(O)C(O)C1O. The molecule has 13 heteroatoms. The average Bonchev–Trinajstić information content (AvgIpc) is 3.14. The predicted molar refractivity (Wildman–Crippen MR) is 215 cm³/mol. The summed E-state index contributed by atoms with van der Waals surface area (Å²) in [6.45, 7) is 3.59. The molecule has 0 radical (unpaired) electrons. The molecule has 0 aliphatic carbocycles. The van der Waals surface area contributed by atoms with Gasteiger partial charge < -0.3 is 34.3 Å². The Labute approximate surface area is 331 Å². The number of unbranched alkanes of at least 4 members (excludes halogenated alkanes) is 13. The molecule has 1 aliphatic rings. The summed E-state index contributed by atoms with van der Waals surface area (Å²) in [5.74, 6) is -2.02. The topological polar surface area (TPSA) is 186 Å². The van der Waals surface area contributed by atoms with Gasteiger partial charge >= 0.3 is 11.9 Å². The van der Waals surface area contributed by atoms with E-state index >= 15 is 0 Å². The summed E-state index contributed by atoms with van der Waals surface area (Å²) in [6.07, 6.45) is 27.4. The molecule has 0 saturated carbocycles. The normalized spacial score (nSPS) is 21.3. The van der Waals surface area contributed by atoms with Crippen molar-refractivity contribution in [1.82, 2.24) is 0 Å². The Morgan fingerprint density at radius 2 is 1.15 bits per heavy atom. The number of allylic oxidation sites excluding steroid dienone is 8. The first-order chi connectivity index (χ1) is 26.5. The van der Waals surface area contributed by atoms with Gasteiger partial charge in [0.1, 0.15) is 36.8 Å². The fraction of sp³-hybridized carbons (Fsp3) is 0.762. The zero-order chi connectivity index (χ0) is 40.6. The molecule has 6 atom stereocenters. The first-order valence-electron chi connectivity index (χ1n) is 20.7. The van der Waals surface area contributed by atoms with E-state index in [4.69, 9.17) is 18.9 Å². The predicted octanol–water partition coefficient (Wildman–Crippen LogP) is 7.61. The second-order valence-electron chi connectivity index (χ2n) is 14.3. The van der Waals surface area contributed by atoms with Crippen LogP contribution in [0.4, 0.5) is 0 Å². The molecule has 0 aromatic carbocycles. The number of carbonyl (C=O) groups is 2. The summed E-state index contributed by atoms with van der Waals surface area (Å²) >= 11 is 0. The van der Waals surface area contributed by atoms with Crippen molar-refractivity contribution >= 4 is 22.1 Å². The summed E-state index contributed by atoms with van der Waals surface area (Å²) in [4.78, 5) is 25.3. The summed E-state index contributed by atoms with van der Waals surface area (Å²) in [7, 11) is -4.60. The van der Waals surface area contributed by atoms with E-state index in [2.05, 4.69) is 62.5 Å². The van der Waals surface area contributed by atoms with E-state index in [-0.39, 0.29) is 19.4 Å². The lowest BCUT2D eigenvalue weighted by atomic mass is 10.00. The first-order valence-corrected chi connectivity index (χ1v) is 22.3. The van der Waals surface area contributed by atoms with Gasteiger partial charge in [-0.3, -0.25) is 14.1 Å². The van der Waals surface area contributed by atoms with Gasteiger partial charge in [-0.25, -0.2) is 0 Å². The maximum atomic E-state index is 12.8. The van der Waals surface area contributed by atoms with Crippen LogP contribution in [0.5, 0.6) is 0 Å². The Bertz CT molecular complexity index is 1210. The molecule has 0 aromatic rings. The molecule has 1 rings (SSSR count). The highest BCUT2D eigenvalue weighted by atomic mass is 32.2. The van der Waals surface area contributed by atoms with Crippen LogP contribution in [0.2, 0.25) is 0 Å². The van der Waals surface area contributed by atoms with E-state index in [0.717, 1.165) is 70.6 Å². The van der Waals surface area contributed by atoms with Gasteiger partial charge in [0, 0.05) is 12.8 Å². The molecule has 318 valence electrons. The van der Waals surface area contributed by atoms with Gasteiger partial charge in [-0.2, -0.15) is 8.42 Å². The van der Waals surface area contributed by atoms with Gasteiger partial charge in [0.2, 0.25) is 0 Å². The van der Waals surface area contributed by atoms with Crippen LogP contribution in [0.3, 0.4) is 0 Å². The Morgan fingerprint density at radius 3 is 1.71 bits per heavy atom. The number of esters is 2. The third-order valence-corrected chi connectivity index (χ3v) is 9.92. The van der Waals surface area contributed by atoms with Crippen molar-refractivity contribution in [2.45, 2.75) is 185 Å². The van der Waals surface area contributed by atoms with Gasteiger partial charge in [-0.15, -0.1) is 0 Å². The molecule has 1 saturated heterocycles. The molecule has 1 fully saturated rings. The zero-order valence-electron chi connectivity index (χ0n) is 33.5. The second kappa shape index (κ2) is 32.7. The third kappa shape index (κ3) is 27.8. The average molecular weight is 801 g/mol. The smallest absolute Gasteiger partial charge is 0.306 e. The van der Waals surface area contributed by atoms with Gasteiger partial charge in [0.15, 0.2) is 12.4 Å².